The van der Waals surface area contributed by atoms with Crippen molar-refractivity contribution in [1.82, 2.24) is 15.1 Å². The first-order valence-corrected chi connectivity index (χ1v) is 5.46. The Morgan fingerprint density at radius 1 is 1.60 bits per heavy atom. The Morgan fingerprint density at radius 3 is 2.87 bits per heavy atom. The summed E-state index contributed by atoms with van der Waals surface area (Å²) in [5, 5.41) is 17.2. The van der Waals surface area contributed by atoms with E-state index in [1.807, 2.05) is 30.8 Å². The van der Waals surface area contributed by atoms with Gasteiger partial charge in [-0.1, -0.05) is 6.92 Å². The van der Waals surface area contributed by atoms with Crippen LogP contribution in [0, 0.1) is 0 Å². The zero-order valence-electron chi connectivity index (χ0n) is 9.77. The van der Waals surface area contributed by atoms with Crippen LogP contribution in [0.1, 0.15) is 27.2 Å². The fraction of sp³-hybridized carbons (Fsp3) is 0.727. The predicted octanol–water partition coefficient (Wildman–Crippen LogP) is 1.02. The molecule has 0 aliphatic carbocycles. The van der Waals surface area contributed by atoms with Crippen LogP contribution in [0.25, 0.3) is 0 Å². The third-order valence-electron chi connectivity index (χ3n) is 2.61. The van der Waals surface area contributed by atoms with Gasteiger partial charge in [0.1, 0.15) is 0 Å². The molecule has 15 heavy (non-hydrogen) atoms. The van der Waals surface area contributed by atoms with Crippen molar-refractivity contribution in [2.75, 3.05) is 6.54 Å². The molecule has 0 saturated carbocycles. The number of aromatic nitrogens is 2. The summed E-state index contributed by atoms with van der Waals surface area (Å²) >= 11 is 0. The maximum Gasteiger partial charge on any atom is 0.0741 e. The lowest BCUT2D eigenvalue weighted by Gasteiger charge is -2.24. The molecule has 0 fully saturated rings. The minimum Gasteiger partial charge on any atom is -0.389 e. The first-order chi connectivity index (χ1) is 7.03. The van der Waals surface area contributed by atoms with Gasteiger partial charge in [0, 0.05) is 25.0 Å². The molecule has 0 aliphatic rings. The monoisotopic (exact) mass is 211 g/mol. The third kappa shape index (κ3) is 4.44. The van der Waals surface area contributed by atoms with Crippen molar-refractivity contribution in [3.05, 3.63) is 18.5 Å². The summed E-state index contributed by atoms with van der Waals surface area (Å²) in [6.07, 6.45) is 4.47. The molecule has 1 heterocycles. The minimum absolute atomic E-state index is 0.308. The van der Waals surface area contributed by atoms with E-state index in [1.165, 1.54) is 0 Å². The molecule has 4 nitrogen and oxygen atoms in total. The van der Waals surface area contributed by atoms with E-state index >= 15 is 0 Å². The van der Waals surface area contributed by atoms with Crippen molar-refractivity contribution in [2.45, 2.75) is 45.4 Å². The van der Waals surface area contributed by atoms with E-state index in [0.717, 1.165) is 13.0 Å². The molecular formula is C11H21N3O. The Kier molecular flexibility index (Phi) is 4.29. The highest BCUT2D eigenvalue weighted by Gasteiger charge is 2.17. The molecular weight excluding hydrogens is 190 g/mol. The average molecular weight is 211 g/mol. The molecule has 0 radical (unpaired) electrons. The standard InChI is InChI=1S/C11H21N3O/c1-4-11(3,15)9-12-10(2)8-14-7-5-6-13-14/h5-7,10,12,15H,4,8-9H2,1-3H3. The first kappa shape index (κ1) is 12.2. The zero-order chi connectivity index (χ0) is 11.3. The van der Waals surface area contributed by atoms with Gasteiger partial charge in [0.25, 0.3) is 0 Å². The summed E-state index contributed by atoms with van der Waals surface area (Å²) in [5.41, 5.74) is -0.613. The third-order valence-corrected chi connectivity index (χ3v) is 2.61. The van der Waals surface area contributed by atoms with Gasteiger partial charge in [0.05, 0.1) is 12.1 Å². The second-order valence-corrected chi connectivity index (χ2v) is 4.36. The molecule has 0 bridgehead atoms. The highest BCUT2D eigenvalue weighted by Crippen LogP contribution is 2.06. The number of aliphatic hydroxyl groups is 1. The van der Waals surface area contributed by atoms with Crippen molar-refractivity contribution in [3.63, 3.8) is 0 Å². The minimum atomic E-state index is -0.613. The van der Waals surface area contributed by atoms with E-state index < -0.39 is 5.60 Å². The van der Waals surface area contributed by atoms with Crippen LogP contribution in [0.3, 0.4) is 0 Å². The second-order valence-electron chi connectivity index (χ2n) is 4.36. The molecule has 0 aromatic carbocycles. The van der Waals surface area contributed by atoms with Gasteiger partial charge in [0.2, 0.25) is 0 Å². The molecule has 1 aromatic heterocycles. The van der Waals surface area contributed by atoms with Crippen molar-refractivity contribution in [1.29, 1.82) is 0 Å². The summed E-state index contributed by atoms with van der Waals surface area (Å²) < 4.78 is 1.89. The van der Waals surface area contributed by atoms with Crippen LogP contribution >= 0.6 is 0 Å². The van der Waals surface area contributed by atoms with Crippen LogP contribution in [0.5, 0.6) is 0 Å². The summed E-state index contributed by atoms with van der Waals surface area (Å²) in [6, 6.07) is 2.22. The molecule has 0 amide bonds. The average Bonchev–Trinajstić information content (AvgIpc) is 2.68. The SMILES string of the molecule is CCC(C)(O)CNC(C)Cn1cccn1. The number of nitrogens with one attached hydrogen (secondary N) is 1. The number of hydrogen-bond acceptors (Lipinski definition) is 3. The highest BCUT2D eigenvalue weighted by molar-refractivity contribution is 4.80. The molecule has 86 valence electrons. The Labute approximate surface area is 91.3 Å². The van der Waals surface area contributed by atoms with Gasteiger partial charge >= 0.3 is 0 Å². The largest absolute Gasteiger partial charge is 0.389 e. The van der Waals surface area contributed by atoms with Crippen LogP contribution in [0.4, 0.5) is 0 Å². The zero-order valence-corrected chi connectivity index (χ0v) is 9.77. The molecule has 2 unspecified atom stereocenters. The van der Waals surface area contributed by atoms with Gasteiger partial charge in [-0.05, 0) is 26.3 Å². The fourth-order valence-electron chi connectivity index (χ4n) is 1.27. The lowest BCUT2D eigenvalue weighted by molar-refractivity contribution is 0.0527. The first-order valence-electron chi connectivity index (χ1n) is 5.46. The highest BCUT2D eigenvalue weighted by atomic mass is 16.3. The second kappa shape index (κ2) is 5.28. The van der Waals surface area contributed by atoms with E-state index in [1.54, 1.807) is 6.20 Å². The Morgan fingerprint density at radius 2 is 2.33 bits per heavy atom. The van der Waals surface area contributed by atoms with Gasteiger partial charge in [-0.15, -0.1) is 0 Å². The van der Waals surface area contributed by atoms with Crippen LogP contribution in [-0.4, -0.2) is 33.1 Å². The Balaban J connectivity index is 2.28. The van der Waals surface area contributed by atoms with E-state index in [9.17, 15) is 5.11 Å². The van der Waals surface area contributed by atoms with Crippen LogP contribution in [0.2, 0.25) is 0 Å². The predicted molar refractivity (Wildman–Crippen MR) is 60.6 cm³/mol. The van der Waals surface area contributed by atoms with E-state index in [0.29, 0.717) is 12.6 Å². The molecule has 0 aliphatic heterocycles. The molecule has 0 saturated heterocycles. The molecule has 2 N–H and O–H groups in total. The number of nitrogens with zero attached hydrogens (tertiary/aromatic N) is 2. The quantitative estimate of drug-likeness (QED) is 0.738. The summed E-state index contributed by atoms with van der Waals surface area (Å²) in [7, 11) is 0. The normalized spacial score (nSPS) is 17.3. The lowest BCUT2D eigenvalue weighted by Crippen LogP contribution is -2.42. The van der Waals surface area contributed by atoms with Crippen molar-refractivity contribution in [3.8, 4) is 0 Å². The summed E-state index contributed by atoms with van der Waals surface area (Å²) in [5.74, 6) is 0. The smallest absolute Gasteiger partial charge is 0.0741 e. The lowest BCUT2D eigenvalue weighted by atomic mass is 10.0. The number of rotatable bonds is 6. The van der Waals surface area contributed by atoms with Gasteiger partial charge in [-0.2, -0.15) is 5.10 Å². The maximum absolute atomic E-state index is 9.81. The molecule has 4 heteroatoms. The summed E-state index contributed by atoms with van der Waals surface area (Å²) in [6.45, 7) is 7.37. The van der Waals surface area contributed by atoms with Crippen molar-refractivity contribution in [2.24, 2.45) is 0 Å². The van der Waals surface area contributed by atoms with Crippen LogP contribution in [-0.2, 0) is 6.54 Å². The Bertz CT molecular complexity index is 269. The van der Waals surface area contributed by atoms with Gasteiger partial charge < -0.3 is 10.4 Å². The van der Waals surface area contributed by atoms with Gasteiger partial charge in [-0.3, -0.25) is 4.68 Å². The van der Waals surface area contributed by atoms with E-state index in [2.05, 4.69) is 17.3 Å². The van der Waals surface area contributed by atoms with Crippen molar-refractivity contribution >= 4 is 0 Å². The topological polar surface area (TPSA) is 50.1 Å². The van der Waals surface area contributed by atoms with Crippen LogP contribution < -0.4 is 5.32 Å². The Hall–Kier alpha value is -0.870. The summed E-state index contributed by atoms with van der Waals surface area (Å²) in [4.78, 5) is 0. The molecule has 1 aromatic rings. The molecule has 1 rings (SSSR count). The maximum atomic E-state index is 9.81. The van der Waals surface area contributed by atoms with E-state index in [-0.39, 0.29) is 0 Å². The van der Waals surface area contributed by atoms with E-state index in [4.69, 9.17) is 0 Å². The van der Waals surface area contributed by atoms with Gasteiger partial charge in [-0.25, -0.2) is 0 Å². The van der Waals surface area contributed by atoms with Crippen molar-refractivity contribution < 1.29 is 5.11 Å². The molecule has 0 spiro atoms. The fourth-order valence-corrected chi connectivity index (χ4v) is 1.27. The molecule has 2 atom stereocenters. The number of hydrogen-bond donors (Lipinski definition) is 2. The van der Waals surface area contributed by atoms with Gasteiger partial charge in [0.15, 0.2) is 0 Å². The van der Waals surface area contributed by atoms with Crippen LogP contribution in [0.15, 0.2) is 18.5 Å².